The summed E-state index contributed by atoms with van der Waals surface area (Å²) >= 11 is 0. The van der Waals surface area contributed by atoms with E-state index < -0.39 is 5.54 Å². The first-order chi connectivity index (χ1) is 11.8. The molecule has 144 valence electrons. The van der Waals surface area contributed by atoms with E-state index in [0.717, 1.165) is 12.2 Å². The number of rotatable bonds is 4. The molecular formula is C21H32N2O3. The Balaban J connectivity index is 2.26. The Labute approximate surface area is 157 Å². The molecule has 0 bridgehead atoms. The molecule has 0 N–H and O–H groups in total. The van der Waals surface area contributed by atoms with E-state index >= 15 is 0 Å². The number of furan rings is 1. The number of nitrogens with zero attached hydrogens (tertiary/aromatic N) is 2. The van der Waals surface area contributed by atoms with Crippen molar-refractivity contribution in [1.29, 1.82) is 0 Å². The molecule has 5 nitrogen and oxygen atoms in total. The molecule has 2 heterocycles. The van der Waals surface area contributed by atoms with Crippen LogP contribution >= 0.6 is 0 Å². The number of anilines is 1. The highest BCUT2D eigenvalue weighted by Gasteiger charge is 2.45. The van der Waals surface area contributed by atoms with Gasteiger partial charge < -0.3 is 9.32 Å². The van der Waals surface area contributed by atoms with Crippen LogP contribution in [-0.4, -0.2) is 35.3 Å². The highest BCUT2D eigenvalue weighted by atomic mass is 16.4. The number of hydrogen-bond acceptors (Lipinski definition) is 3. The van der Waals surface area contributed by atoms with Crippen LogP contribution in [0.25, 0.3) is 0 Å². The van der Waals surface area contributed by atoms with E-state index in [2.05, 4.69) is 41.2 Å². The summed E-state index contributed by atoms with van der Waals surface area (Å²) in [5.41, 5.74) is -0.891. The Hall–Kier alpha value is -2.04. The molecule has 1 aliphatic heterocycles. The van der Waals surface area contributed by atoms with E-state index in [1.807, 2.05) is 12.1 Å². The van der Waals surface area contributed by atoms with Crippen molar-refractivity contribution in [3.8, 4) is 0 Å². The lowest BCUT2D eigenvalue weighted by Gasteiger charge is -2.44. The highest BCUT2D eigenvalue weighted by Crippen LogP contribution is 2.39. The Bertz CT molecular complexity index is 707. The zero-order valence-electron chi connectivity index (χ0n) is 17.2. The van der Waals surface area contributed by atoms with Crippen molar-refractivity contribution < 1.29 is 14.0 Å². The van der Waals surface area contributed by atoms with Gasteiger partial charge in [0, 0.05) is 24.6 Å². The third kappa shape index (κ3) is 3.87. The average Bonchev–Trinajstić information content (AvgIpc) is 2.97. The summed E-state index contributed by atoms with van der Waals surface area (Å²) in [4.78, 5) is 28.3. The topological polar surface area (TPSA) is 53.8 Å². The van der Waals surface area contributed by atoms with Gasteiger partial charge in [0.2, 0.25) is 11.8 Å². The quantitative estimate of drug-likeness (QED) is 0.759. The predicted molar refractivity (Wildman–Crippen MR) is 104 cm³/mol. The summed E-state index contributed by atoms with van der Waals surface area (Å²) < 4.78 is 6.10. The van der Waals surface area contributed by atoms with Gasteiger partial charge in [-0.05, 0) is 37.8 Å². The third-order valence-electron chi connectivity index (χ3n) is 4.93. The second-order valence-corrected chi connectivity index (χ2v) is 9.47. The van der Waals surface area contributed by atoms with Crippen molar-refractivity contribution in [2.24, 2.45) is 5.41 Å². The zero-order chi connectivity index (χ0) is 19.9. The molecular weight excluding hydrogens is 328 g/mol. The van der Waals surface area contributed by atoms with Crippen molar-refractivity contribution in [2.45, 2.75) is 65.8 Å². The van der Waals surface area contributed by atoms with Gasteiger partial charge in [-0.1, -0.05) is 41.2 Å². The predicted octanol–water partition coefficient (Wildman–Crippen LogP) is 4.13. The Morgan fingerprint density at radius 1 is 1.23 bits per heavy atom. The van der Waals surface area contributed by atoms with Gasteiger partial charge in [0.15, 0.2) is 0 Å². The van der Waals surface area contributed by atoms with E-state index in [1.54, 1.807) is 23.6 Å². The van der Waals surface area contributed by atoms with Crippen molar-refractivity contribution in [3.05, 3.63) is 30.5 Å². The van der Waals surface area contributed by atoms with Crippen LogP contribution in [0.15, 0.2) is 29.2 Å². The summed E-state index contributed by atoms with van der Waals surface area (Å²) in [5.74, 6) is 1.05. The number of carbonyl (C=O) groups is 2. The maximum Gasteiger partial charge on any atom is 0.254 e. The van der Waals surface area contributed by atoms with E-state index in [4.69, 9.17) is 4.42 Å². The number of amides is 2. The molecule has 1 fully saturated rings. The van der Waals surface area contributed by atoms with E-state index in [9.17, 15) is 9.59 Å². The van der Waals surface area contributed by atoms with E-state index in [-0.39, 0.29) is 22.6 Å². The monoisotopic (exact) mass is 360 g/mol. The number of hydrogen-bond donors (Lipinski definition) is 0. The molecule has 2 rings (SSSR count). The van der Waals surface area contributed by atoms with Crippen LogP contribution < -0.4 is 4.90 Å². The Kier molecular flexibility index (Phi) is 5.15. The van der Waals surface area contributed by atoms with E-state index in [1.165, 1.54) is 6.08 Å². The van der Waals surface area contributed by atoms with E-state index in [0.29, 0.717) is 19.0 Å². The maximum atomic E-state index is 13.0. The first-order valence-corrected chi connectivity index (χ1v) is 9.16. The molecule has 2 amide bonds. The van der Waals surface area contributed by atoms with Crippen LogP contribution in [0.4, 0.5) is 5.88 Å². The molecule has 1 aromatic rings. The fraction of sp³-hybridized carbons (Fsp3) is 0.619. The molecule has 0 aromatic carbocycles. The Morgan fingerprint density at radius 3 is 2.38 bits per heavy atom. The van der Waals surface area contributed by atoms with Gasteiger partial charge >= 0.3 is 0 Å². The summed E-state index contributed by atoms with van der Waals surface area (Å²) in [6, 6.07) is 3.82. The van der Waals surface area contributed by atoms with Gasteiger partial charge in [-0.25, -0.2) is 0 Å². The second kappa shape index (κ2) is 6.60. The van der Waals surface area contributed by atoms with Crippen molar-refractivity contribution in [3.63, 3.8) is 0 Å². The zero-order valence-corrected chi connectivity index (χ0v) is 17.2. The molecule has 1 saturated heterocycles. The average molecular weight is 360 g/mol. The van der Waals surface area contributed by atoms with Gasteiger partial charge in [0.25, 0.3) is 5.91 Å². The first-order valence-electron chi connectivity index (χ1n) is 9.16. The summed E-state index contributed by atoms with van der Waals surface area (Å²) in [6.45, 7) is 18.9. The molecule has 0 saturated carbocycles. The lowest BCUT2D eigenvalue weighted by Crippen LogP contribution is -2.64. The molecule has 0 spiro atoms. The first kappa shape index (κ1) is 20.3. The highest BCUT2D eigenvalue weighted by molar-refractivity contribution is 6.03. The molecule has 26 heavy (non-hydrogen) atoms. The minimum absolute atomic E-state index is 0.129. The molecule has 0 aliphatic carbocycles. The van der Waals surface area contributed by atoms with Gasteiger partial charge in [-0.15, -0.1) is 0 Å². The molecule has 5 heteroatoms. The maximum absolute atomic E-state index is 13.0. The van der Waals surface area contributed by atoms with Crippen LogP contribution in [-0.2, 0) is 15.0 Å². The smallest absolute Gasteiger partial charge is 0.254 e. The number of piperazine rings is 1. The molecule has 0 atom stereocenters. The van der Waals surface area contributed by atoms with Gasteiger partial charge in [0.1, 0.15) is 11.3 Å². The van der Waals surface area contributed by atoms with Crippen LogP contribution in [0.2, 0.25) is 0 Å². The molecule has 1 aromatic heterocycles. The molecule has 0 radical (unpaired) electrons. The van der Waals surface area contributed by atoms with Crippen LogP contribution in [0, 0.1) is 5.41 Å². The summed E-state index contributed by atoms with van der Waals surface area (Å²) in [5, 5.41) is 0. The summed E-state index contributed by atoms with van der Waals surface area (Å²) in [6.07, 6.45) is 2.22. The van der Waals surface area contributed by atoms with Crippen molar-refractivity contribution in [1.82, 2.24) is 4.90 Å². The van der Waals surface area contributed by atoms with Gasteiger partial charge in [-0.2, -0.15) is 0 Å². The van der Waals surface area contributed by atoms with Crippen LogP contribution in [0.3, 0.4) is 0 Å². The fourth-order valence-electron chi connectivity index (χ4n) is 3.98. The second-order valence-electron chi connectivity index (χ2n) is 9.47. The Morgan fingerprint density at radius 2 is 1.85 bits per heavy atom. The van der Waals surface area contributed by atoms with Gasteiger partial charge in [-0.3, -0.25) is 14.5 Å². The van der Waals surface area contributed by atoms with Crippen LogP contribution in [0.5, 0.6) is 0 Å². The lowest BCUT2D eigenvalue weighted by atomic mass is 9.75. The van der Waals surface area contributed by atoms with Crippen LogP contribution in [0.1, 0.15) is 60.6 Å². The standard InChI is InChI=1S/C21H32N2O3/c1-9-16(24)23-13-12-22(18(25)21(23,7)8)17-11-10-15(26-17)20(5,6)14-19(2,3)4/h9-11H,1,12-14H2,2-8H3. The minimum atomic E-state index is -0.933. The molecule has 0 unspecified atom stereocenters. The normalized spacial score (nSPS) is 18.2. The molecule has 1 aliphatic rings. The lowest BCUT2D eigenvalue weighted by molar-refractivity contribution is -0.143. The van der Waals surface area contributed by atoms with Crippen molar-refractivity contribution in [2.75, 3.05) is 18.0 Å². The van der Waals surface area contributed by atoms with Crippen molar-refractivity contribution >= 4 is 17.7 Å². The van der Waals surface area contributed by atoms with Gasteiger partial charge in [0.05, 0.1) is 0 Å². The summed E-state index contributed by atoms with van der Waals surface area (Å²) in [7, 11) is 0. The minimum Gasteiger partial charge on any atom is -0.445 e. The fourth-order valence-corrected chi connectivity index (χ4v) is 3.98. The third-order valence-corrected chi connectivity index (χ3v) is 4.93. The number of carbonyl (C=O) groups excluding carboxylic acids is 2. The SMILES string of the molecule is C=CC(=O)N1CCN(c2ccc(C(C)(C)CC(C)(C)C)o2)C(=O)C1(C)C. The largest absolute Gasteiger partial charge is 0.445 e.